The van der Waals surface area contributed by atoms with Crippen molar-refractivity contribution >= 4 is 27.5 Å². The third kappa shape index (κ3) is 3.93. The molecule has 0 radical (unpaired) electrons. The Balaban J connectivity index is 2.26. The van der Waals surface area contributed by atoms with E-state index in [0.717, 1.165) is 27.8 Å². The van der Waals surface area contributed by atoms with Crippen LogP contribution in [0.2, 0.25) is 0 Å². The van der Waals surface area contributed by atoms with Gasteiger partial charge in [0, 0.05) is 22.3 Å². The standard InChI is InChI=1S/C17H19BrN2O/c1-12-14(8-6-9-15(12)18)17(21)19-16-10-5-4-7-13(16)11-20(2)3/h4-10H,11H2,1-3H3,(H,19,21). The highest BCUT2D eigenvalue weighted by Gasteiger charge is 2.12. The summed E-state index contributed by atoms with van der Waals surface area (Å²) in [5.41, 5.74) is 3.59. The molecule has 0 saturated carbocycles. The number of nitrogens with zero attached hydrogens (tertiary/aromatic N) is 1. The zero-order valence-electron chi connectivity index (χ0n) is 12.5. The van der Waals surface area contributed by atoms with E-state index >= 15 is 0 Å². The Morgan fingerprint density at radius 2 is 1.86 bits per heavy atom. The number of amides is 1. The highest BCUT2D eigenvalue weighted by Crippen LogP contribution is 2.22. The second-order valence-corrected chi connectivity index (χ2v) is 6.12. The molecule has 0 saturated heterocycles. The molecule has 0 aliphatic rings. The molecular formula is C17H19BrN2O. The molecule has 0 bridgehead atoms. The summed E-state index contributed by atoms with van der Waals surface area (Å²) < 4.78 is 0.941. The van der Waals surface area contributed by atoms with Crippen molar-refractivity contribution in [1.29, 1.82) is 0 Å². The monoisotopic (exact) mass is 346 g/mol. The third-order valence-corrected chi connectivity index (χ3v) is 4.12. The molecule has 0 aliphatic carbocycles. The fraction of sp³-hybridized carbons (Fsp3) is 0.235. The highest BCUT2D eigenvalue weighted by atomic mass is 79.9. The van der Waals surface area contributed by atoms with Crippen LogP contribution in [0.15, 0.2) is 46.9 Å². The lowest BCUT2D eigenvalue weighted by Crippen LogP contribution is -2.17. The molecule has 110 valence electrons. The van der Waals surface area contributed by atoms with Gasteiger partial charge >= 0.3 is 0 Å². The van der Waals surface area contributed by atoms with E-state index in [4.69, 9.17) is 0 Å². The lowest BCUT2D eigenvalue weighted by atomic mass is 10.1. The van der Waals surface area contributed by atoms with E-state index in [1.54, 1.807) is 0 Å². The number of para-hydroxylation sites is 1. The number of carbonyl (C=O) groups is 1. The molecule has 1 N–H and O–H groups in total. The van der Waals surface area contributed by atoms with E-state index in [-0.39, 0.29) is 5.91 Å². The Hall–Kier alpha value is -1.65. The second kappa shape index (κ2) is 6.87. The molecule has 0 spiro atoms. The number of hydrogen-bond donors (Lipinski definition) is 1. The molecule has 21 heavy (non-hydrogen) atoms. The Kier molecular flexibility index (Phi) is 5.15. The molecule has 2 rings (SSSR count). The maximum atomic E-state index is 12.5. The maximum Gasteiger partial charge on any atom is 0.255 e. The zero-order chi connectivity index (χ0) is 15.4. The molecule has 0 aromatic heterocycles. The van der Waals surface area contributed by atoms with Gasteiger partial charge in [0.05, 0.1) is 0 Å². The summed E-state index contributed by atoms with van der Waals surface area (Å²) in [6.07, 6.45) is 0. The minimum absolute atomic E-state index is 0.0833. The van der Waals surface area contributed by atoms with Crippen LogP contribution in [0.25, 0.3) is 0 Å². The summed E-state index contributed by atoms with van der Waals surface area (Å²) in [5, 5.41) is 3.01. The van der Waals surface area contributed by atoms with Gasteiger partial charge in [-0.25, -0.2) is 0 Å². The fourth-order valence-corrected chi connectivity index (χ4v) is 2.53. The topological polar surface area (TPSA) is 32.3 Å². The van der Waals surface area contributed by atoms with Crippen molar-refractivity contribution in [3.8, 4) is 0 Å². The predicted octanol–water partition coefficient (Wildman–Crippen LogP) is 4.07. The summed E-state index contributed by atoms with van der Waals surface area (Å²) in [6, 6.07) is 13.5. The van der Waals surface area contributed by atoms with Gasteiger partial charge in [0.25, 0.3) is 5.91 Å². The predicted molar refractivity (Wildman–Crippen MR) is 90.7 cm³/mol. The first-order chi connectivity index (χ1) is 9.99. The fourth-order valence-electron chi connectivity index (χ4n) is 2.16. The smallest absolute Gasteiger partial charge is 0.255 e. The minimum atomic E-state index is -0.0833. The lowest BCUT2D eigenvalue weighted by molar-refractivity contribution is 0.102. The number of hydrogen-bond acceptors (Lipinski definition) is 2. The summed E-state index contributed by atoms with van der Waals surface area (Å²) in [4.78, 5) is 14.6. The van der Waals surface area contributed by atoms with E-state index < -0.39 is 0 Å². The largest absolute Gasteiger partial charge is 0.322 e. The van der Waals surface area contributed by atoms with Gasteiger partial charge in [-0.1, -0.05) is 40.2 Å². The van der Waals surface area contributed by atoms with Crippen LogP contribution in [0.4, 0.5) is 5.69 Å². The van der Waals surface area contributed by atoms with E-state index in [9.17, 15) is 4.79 Å². The van der Waals surface area contributed by atoms with Crippen LogP contribution in [0.1, 0.15) is 21.5 Å². The number of nitrogens with one attached hydrogen (secondary N) is 1. The van der Waals surface area contributed by atoms with Crippen LogP contribution in [-0.2, 0) is 6.54 Å². The van der Waals surface area contributed by atoms with Crippen LogP contribution in [0.5, 0.6) is 0 Å². The second-order valence-electron chi connectivity index (χ2n) is 5.26. The van der Waals surface area contributed by atoms with Crippen molar-refractivity contribution in [3.63, 3.8) is 0 Å². The summed E-state index contributed by atoms with van der Waals surface area (Å²) in [5.74, 6) is -0.0833. The zero-order valence-corrected chi connectivity index (χ0v) is 14.1. The Morgan fingerprint density at radius 1 is 1.14 bits per heavy atom. The van der Waals surface area contributed by atoms with Gasteiger partial charge in [0.15, 0.2) is 0 Å². The van der Waals surface area contributed by atoms with E-state index in [1.165, 1.54) is 0 Å². The van der Waals surface area contributed by atoms with Crippen molar-refractivity contribution in [2.45, 2.75) is 13.5 Å². The molecule has 0 atom stereocenters. The van der Waals surface area contributed by atoms with Crippen molar-refractivity contribution in [2.75, 3.05) is 19.4 Å². The first kappa shape index (κ1) is 15.7. The average molecular weight is 347 g/mol. The first-order valence-electron chi connectivity index (χ1n) is 6.78. The molecule has 4 heteroatoms. The first-order valence-corrected chi connectivity index (χ1v) is 7.57. The number of benzene rings is 2. The number of rotatable bonds is 4. The quantitative estimate of drug-likeness (QED) is 0.904. The van der Waals surface area contributed by atoms with Crippen LogP contribution >= 0.6 is 15.9 Å². The maximum absolute atomic E-state index is 12.5. The van der Waals surface area contributed by atoms with Crippen molar-refractivity contribution in [2.24, 2.45) is 0 Å². The molecule has 2 aromatic rings. The Bertz CT molecular complexity index is 653. The molecule has 1 amide bonds. The average Bonchev–Trinajstić information content (AvgIpc) is 2.43. The van der Waals surface area contributed by atoms with Gasteiger partial charge in [-0.15, -0.1) is 0 Å². The summed E-state index contributed by atoms with van der Waals surface area (Å²) in [6.45, 7) is 2.72. The van der Waals surface area contributed by atoms with Crippen molar-refractivity contribution < 1.29 is 4.79 Å². The van der Waals surface area contributed by atoms with Gasteiger partial charge in [-0.2, -0.15) is 0 Å². The Morgan fingerprint density at radius 3 is 2.57 bits per heavy atom. The van der Waals surface area contributed by atoms with Crippen LogP contribution < -0.4 is 5.32 Å². The van der Waals surface area contributed by atoms with E-state index in [2.05, 4.69) is 26.1 Å². The molecule has 3 nitrogen and oxygen atoms in total. The lowest BCUT2D eigenvalue weighted by Gasteiger charge is -2.15. The summed E-state index contributed by atoms with van der Waals surface area (Å²) >= 11 is 3.46. The number of halogens is 1. The number of anilines is 1. The van der Waals surface area contributed by atoms with Crippen LogP contribution in [-0.4, -0.2) is 24.9 Å². The molecular weight excluding hydrogens is 328 g/mol. The van der Waals surface area contributed by atoms with Gasteiger partial charge in [-0.3, -0.25) is 4.79 Å². The minimum Gasteiger partial charge on any atom is -0.322 e. The van der Waals surface area contributed by atoms with Gasteiger partial charge in [0.1, 0.15) is 0 Å². The van der Waals surface area contributed by atoms with Gasteiger partial charge < -0.3 is 10.2 Å². The SMILES string of the molecule is Cc1c(Br)cccc1C(=O)Nc1ccccc1CN(C)C. The van der Waals surface area contributed by atoms with E-state index in [0.29, 0.717) is 5.56 Å². The number of carbonyl (C=O) groups excluding carboxylic acids is 1. The highest BCUT2D eigenvalue weighted by molar-refractivity contribution is 9.10. The summed E-state index contributed by atoms with van der Waals surface area (Å²) in [7, 11) is 4.02. The molecule has 0 fully saturated rings. The molecule has 0 heterocycles. The molecule has 0 unspecified atom stereocenters. The van der Waals surface area contributed by atoms with Crippen LogP contribution in [0.3, 0.4) is 0 Å². The normalized spacial score (nSPS) is 10.7. The van der Waals surface area contributed by atoms with Crippen molar-refractivity contribution in [1.82, 2.24) is 4.90 Å². The molecule has 2 aromatic carbocycles. The Labute approximate surface area is 134 Å². The van der Waals surface area contributed by atoms with Gasteiger partial charge in [-0.05, 0) is 50.3 Å². The molecule has 0 aliphatic heterocycles. The van der Waals surface area contributed by atoms with E-state index in [1.807, 2.05) is 63.5 Å². The van der Waals surface area contributed by atoms with Crippen molar-refractivity contribution in [3.05, 3.63) is 63.6 Å². The van der Waals surface area contributed by atoms with Gasteiger partial charge in [0.2, 0.25) is 0 Å². The third-order valence-electron chi connectivity index (χ3n) is 3.26. The van der Waals surface area contributed by atoms with Crippen LogP contribution in [0, 0.1) is 6.92 Å².